The summed E-state index contributed by atoms with van der Waals surface area (Å²) in [5.74, 6) is 0.353. The standard InChI is InChI=1S/C26H38N2O9/c1-7-33-26(32)34-13-20-21(29)22(30)23(31)25(36-20)37-24-19(16(6)28(27-24)14(2)3)12-17-8-10-18(11-9-17)35-15(4)5/h8-11,14-15,20-23,25,29-31H,7,12-13H2,1-6H3/t20-,21-,22+,23-,25+/m1/s1/i2D3,3D3. The van der Waals surface area contributed by atoms with E-state index in [0.717, 1.165) is 4.68 Å². The lowest BCUT2D eigenvalue weighted by Gasteiger charge is -2.39. The van der Waals surface area contributed by atoms with Crippen molar-refractivity contribution in [3.8, 4) is 11.6 Å². The lowest BCUT2D eigenvalue weighted by Crippen LogP contribution is -2.60. The molecule has 1 fully saturated rings. The first-order valence-corrected chi connectivity index (χ1v) is 11.9. The van der Waals surface area contributed by atoms with Crippen molar-refractivity contribution in [1.29, 1.82) is 0 Å². The molecule has 37 heavy (non-hydrogen) atoms. The van der Waals surface area contributed by atoms with Gasteiger partial charge in [-0.25, -0.2) is 4.79 Å². The Bertz CT molecular complexity index is 1210. The van der Waals surface area contributed by atoms with Crippen LogP contribution in [-0.4, -0.2) is 81.3 Å². The van der Waals surface area contributed by atoms with Gasteiger partial charge in [0.05, 0.1) is 12.7 Å². The molecule has 0 unspecified atom stereocenters. The first-order valence-electron chi connectivity index (χ1n) is 14.9. The van der Waals surface area contributed by atoms with Crippen molar-refractivity contribution < 1.29 is 52.0 Å². The molecule has 2 heterocycles. The molecule has 1 aromatic carbocycles. The summed E-state index contributed by atoms with van der Waals surface area (Å²) in [6.07, 6.45) is -9.33. The van der Waals surface area contributed by atoms with Crippen molar-refractivity contribution in [1.82, 2.24) is 9.78 Å². The molecular formula is C26H38N2O9. The number of rotatable bonds is 10. The molecule has 11 nitrogen and oxygen atoms in total. The third-order valence-electron chi connectivity index (χ3n) is 5.68. The van der Waals surface area contributed by atoms with Gasteiger partial charge in [-0.1, -0.05) is 12.1 Å². The molecule has 2 aromatic rings. The number of aliphatic hydroxyl groups is 3. The van der Waals surface area contributed by atoms with Crippen LogP contribution >= 0.6 is 0 Å². The molecule has 5 atom stereocenters. The Morgan fingerprint density at radius 1 is 1.14 bits per heavy atom. The van der Waals surface area contributed by atoms with Crippen LogP contribution in [0.15, 0.2) is 24.3 Å². The highest BCUT2D eigenvalue weighted by molar-refractivity contribution is 5.59. The van der Waals surface area contributed by atoms with Crippen molar-refractivity contribution in [2.45, 2.75) is 90.7 Å². The summed E-state index contributed by atoms with van der Waals surface area (Å²) in [6.45, 7) is 0.321. The molecule has 0 spiro atoms. The van der Waals surface area contributed by atoms with E-state index in [1.165, 1.54) is 6.92 Å². The van der Waals surface area contributed by atoms with Gasteiger partial charge in [-0.15, -0.1) is 5.10 Å². The molecular weight excluding hydrogens is 484 g/mol. The molecule has 0 aliphatic carbocycles. The molecule has 1 aliphatic rings. The molecule has 0 bridgehead atoms. The second-order valence-electron chi connectivity index (χ2n) is 8.83. The van der Waals surface area contributed by atoms with Crippen molar-refractivity contribution in [3.05, 3.63) is 41.1 Å². The van der Waals surface area contributed by atoms with Crippen molar-refractivity contribution in [2.24, 2.45) is 0 Å². The zero-order valence-electron chi connectivity index (χ0n) is 27.2. The normalized spacial score (nSPS) is 26.9. The van der Waals surface area contributed by atoms with E-state index < -0.39 is 63.2 Å². The lowest BCUT2D eigenvalue weighted by molar-refractivity contribution is -0.278. The minimum Gasteiger partial charge on any atom is -0.491 e. The fraction of sp³-hybridized carbons (Fsp3) is 0.615. The molecule has 0 saturated carbocycles. The number of nitrogens with zero attached hydrogens (tertiary/aromatic N) is 2. The van der Waals surface area contributed by atoms with Gasteiger partial charge in [-0.2, -0.15) is 0 Å². The maximum Gasteiger partial charge on any atom is 0.508 e. The van der Waals surface area contributed by atoms with Crippen LogP contribution in [-0.2, 0) is 20.6 Å². The van der Waals surface area contributed by atoms with Crippen LogP contribution in [0.5, 0.6) is 11.6 Å². The highest BCUT2D eigenvalue weighted by atomic mass is 16.7. The average molecular weight is 529 g/mol. The van der Waals surface area contributed by atoms with E-state index in [2.05, 4.69) is 9.84 Å². The summed E-state index contributed by atoms with van der Waals surface area (Å²) in [5.41, 5.74) is 1.17. The third-order valence-corrected chi connectivity index (χ3v) is 5.68. The van der Waals surface area contributed by atoms with E-state index in [9.17, 15) is 20.1 Å². The van der Waals surface area contributed by atoms with Crippen LogP contribution in [0.3, 0.4) is 0 Å². The van der Waals surface area contributed by atoms with E-state index >= 15 is 0 Å². The number of aliphatic hydroxyl groups excluding tert-OH is 3. The topological polar surface area (TPSA) is 142 Å². The Morgan fingerprint density at radius 2 is 1.84 bits per heavy atom. The van der Waals surface area contributed by atoms with Gasteiger partial charge >= 0.3 is 6.16 Å². The summed E-state index contributed by atoms with van der Waals surface area (Å²) in [7, 11) is 0. The highest BCUT2D eigenvalue weighted by Gasteiger charge is 2.46. The SMILES string of the molecule is [2H]C([2H])([2H])C(n1nc(O[C@@H]2O[C@H](COC(=O)OCC)[C@@H](O)[C@H](O)[C@H]2O)c(Cc2ccc(OC(C)C)cc2)c1C)C([2H])([2H])[2H]. The van der Waals surface area contributed by atoms with Crippen LogP contribution in [0.25, 0.3) is 0 Å². The molecule has 3 rings (SSSR count). The molecule has 1 aromatic heterocycles. The predicted octanol–water partition coefficient (Wildman–Crippen LogP) is 2.51. The van der Waals surface area contributed by atoms with Gasteiger partial charge in [0.15, 0.2) is 0 Å². The van der Waals surface area contributed by atoms with E-state index in [4.69, 9.17) is 27.2 Å². The minimum atomic E-state index is -2.98. The molecule has 3 N–H and O–H groups in total. The van der Waals surface area contributed by atoms with Gasteiger partial charge in [0.1, 0.15) is 36.8 Å². The monoisotopic (exact) mass is 528 g/mol. The minimum absolute atomic E-state index is 0.0335. The van der Waals surface area contributed by atoms with Crippen molar-refractivity contribution >= 4 is 6.16 Å². The zero-order valence-corrected chi connectivity index (χ0v) is 21.2. The number of carbonyl (C=O) groups excluding carboxylic acids is 1. The van der Waals surface area contributed by atoms with Crippen LogP contribution in [0, 0.1) is 6.92 Å². The Hall–Kier alpha value is -2.86. The summed E-state index contributed by atoms with van der Waals surface area (Å²) in [4.78, 5) is 11.6. The van der Waals surface area contributed by atoms with Gasteiger partial charge < -0.3 is 39.0 Å². The van der Waals surface area contributed by atoms with Crippen molar-refractivity contribution in [3.63, 3.8) is 0 Å². The fourth-order valence-electron chi connectivity index (χ4n) is 3.81. The fourth-order valence-corrected chi connectivity index (χ4v) is 3.81. The van der Waals surface area contributed by atoms with E-state index in [1.54, 1.807) is 31.2 Å². The van der Waals surface area contributed by atoms with E-state index in [0.29, 0.717) is 11.3 Å². The highest BCUT2D eigenvalue weighted by Crippen LogP contribution is 2.31. The second kappa shape index (κ2) is 12.6. The maximum absolute atomic E-state index is 11.6. The first kappa shape index (κ1) is 21.1. The molecule has 0 radical (unpaired) electrons. The third kappa shape index (κ3) is 7.13. The zero-order chi connectivity index (χ0) is 32.3. The molecule has 0 amide bonds. The number of benzene rings is 1. The Labute approximate surface area is 225 Å². The number of ether oxygens (including phenoxy) is 5. The van der Waals surface area contributed by atoms with Crippen LogP contribution in [0.4, 0.5) is 4.79 Å². The van der Waals surface area contributed by atoms with Crippen molar-refractivity contribution in [2.75, 3.05) is 13.2 Å². The molecule has 1 aliphatic heterocycles. The molecule has 1 saturated heterocycles. The van der Waals surface area contributed by atoms with E-state index in [-0.39, 0.29) is 36.3 Å². The molecule has 206 valence electrons. The Morgan fingerprint density at radius 3 is 2.46 bits per heavy atom. The summed E-state index contributed by atoms with van der Waals surface area (Å²) in [5, 5.41) is 35.7. The van der Waals surface area contributed by atoms with Crippen LogP contribution in [0.1, 0.15) is 65.6 Å². The number of hydrogen-bond acceptors (Lipinski definition) is 10. The summed E-state index contributed by atoms with van der Waals surface area (Å²) >= 11 is 0. The number of hydrogen-bond donors (Lipinski definition) is 3. The van der Waals surface area contributed by atoms with E-state index in [1.807, 2.05) is 13.8 Å². The second-order valence-corrected chi connectivity index (χ2v) is 8.83. The largest absolute Gasteiger partial charge is 0.508 e. The van der Waals surface area contributed by atoms with Crippen LogP contribution < -0.4 is 9.47 Å². The smallest absolute Gasteiger partial charge is 0.491 e. The first-order chi connectivity index (χ1) is 19.9. The summed E-state index contributed by atoms with van der Waals surface area (Å²) in [6, 6.07) is 4.97. The predicted molar refractivity (Wildman–Crippen MR) is 133 cm³/mol. The van der Waals surface area contributed by atoms with Gasteiger partial charge in [0.25, 0.3) is 0 Å². The van der Waals surface area contributed by atoms with Gasteiger partial charge in [0, 0.05) is 31.9 Å². The maximum atomic E-state index is 11.6. The lowest BCUT2D eigenvalue weighted by atomic mass is 9.99. The summed E-state index contributed by atoms with van der Waals surface area (Å²) < 4.78 is 75.0. The number of carbonyl (C=O) groups is 1. The Kier molecular flexibility index (Phi) is 7.19. The van der Waals surface area contributed by atoms with Crippen LogP contribution in [0.2, 0.25) is 0 Å². The van der Waals surface area contributed by atoms with Gasteiger partial charge in [-0.05, 0) is 59.1 Å². The van der Waals surface area contributed by atoms with Gasteiger partial charge in [0.2, 0.25) is 12.2 Å². The van der Waals surface area contributed by atoms with Gasteiger partial charge in [-0.3, -0.25) is 4.68 Å². The number of aromatic nitrogens is 2. The molecule has 11 heteroatoms. The average Bonchev–Trinajstić information content (AvgIpc) is 3.16. The quantitative estimate of drug-likeness (QED) is 0.394. The Balaban J connectivity index is 2.00.